The second-order valence-electron chi connectivity index (χ2n) is 6.56. The smallest absolute Gasteiger partial charge is 0.313 e. The summed E-state index contributed by atoms with van der Waals surface area (Å²) in [6, 6.07) is 0. The third-order valence-corrected chi connectivity index (χ3v) is 3.93. The van der Waals surface area contributed by atoms with Crippen LogP contribution >= 0.6 is 0 Å². The number of carbonyl (C=O) groups is 3. The Balaban J connectivity index is 2.02. The molecule has 0 aromatic heterocycles. The van der Waals surface area contributed by atoms with Crippen LogP contribution in [0.4, 0.5) is 22.0 Å². The Morgan fingerprint density at radius 2 is 1.18 bits per heavy atom. The van der Waals surface area contributed by atoms with Crippen molar-refractivity contribution in [2.24, 2.45) is 0 Å². The summed E-state index contributed by atoms with van der Waals surface area (Å²) >= 11 is 0. The zero-order valence-corrected chi connectivity index (χ0v) is 18.0. The monoisotopic (exact) mass is 501 g/mol. The first-order valence-corrected chi connectivity index (χ1v) is 10.1. The van der Waals surface area contributed by atoms with Crippen molar-refractivity contribution in [3.63, 3.8) is 0 Å². The SMILES string of the molecule is O=C(O)CCC(=O)NCCCOCCOCCOCCC(=O)Oc1c(F)c(F)c(F)c(F)c1F. The predicted molar refractivity (Wildman–Crippen MR) is 103 cm³/mol. The average Bonchev–Trinajstić information content (AvgIpc) is 2.80. The van der Waals surface area contributed by atoms with E-state index in [0.717, 1.165) is 0 Å². The molecule has 192 valence electrons. The zero-order chi connectivity index (χ0) is 25.5. The Labute approximate surface area is 191 Å². The van der Waals surface area contributed by atoms with E-state index in [4.69, 9.17) is 19.3 Å². The van der Waals surface area contributed by atoms with Gasteiger partial charge in [-0.2, -0.15) is 8.78 Å². The molecule has 0 radical (unpaired) electrons. The van der Waals surface area contributed by atoms with Crippen LogP contribution in [0, 0.1) is 29.1 Å². The van der Waals surface area contributed by atoms with E-state index < -0.39 is 53.2 Å². The van der Waals surface area contributed by atoms with Crippen molar-refractivity contribution in [1.29, 1.82) is 0 Å². The molecule has 9 nitrogen and oxygen atoms in total. The van der Waals surface area contributed by atoms with Crippen molar-refractivity contribution in [1.82, 2.24) is 5.32 Å². The Bertz CT molecular complexity index is 811. The van der Waals surface area contributed by atoms with Gasteiger partial charge < -0.3 is 29.4 Å². The maximum Gasteiger partial charge on any atom is 0.313 e. The first-order chi connectivity index (χ1) is 16.1. The minimum absolute atomic E-state index is 0.0538. The minimum Gasteiger partial charge on any atom is -0.481 e. The van der Waals surface area contributed by atoms with Gasteiger partial charge in [-0.15, -0.1) is 0 Å². The normalized spacial score (nSPS) is 10.9. The van der Waals surface area contributed by atoms with Gasteiger partial charge in [-0.1, -0.05) is 0 Å². The summed E-state index contributed by atoms with van der Waals surface area (Å²) in [6.45, 7) is 1.14. The number of halogens is 5. The number of nitrogens with one attached hydrogen (secondary N) is 1. The number of carbonyl (C=O) groups excluding carboxylic acids is 2. The van der Waals surface area contributed by atoms with Gasteiger partial charge in [0.2, 0.25) is 40.7 Å². The summed E-state index contributed by atoms with van der Waals surface area (Å²) in [4.78, 5) is 33.1. The lowest BCUT2D eigenvalue weighted by Gasteiger charge is -2.09. The first kappa shape index (κ1) is 29.2. The molecule has 0 unspecified atom stereocenters. The molecule has 0 atom stereocenters. The molecular formula is C20H24F5NO8. The van der Waals surface area contributed by atoms with E-state index in [1.54, 1.807) is 0 Å². The summed E-state index contributed by atoms with van der Waals surface area (Å²) in [5, 5.41) is 11.0. The van der Waals surface area contributed by atoms with Crippen molar-refractivity contribution < 1.29 is 60.4 Å². The lowest BCUT2D eigenvalue weighted by molar-refractivity contribution is -0.139. The van der Waals surface area contributed by atoms with Crippen molar-refractivity contribution in [3.05, 3.63) is 29.1 Å². The first-order valence-electron chi connectivity index (χ1n) is 10.1. The molecule has 0 aliphatic rings. The fourth-order valence-electron chi connectivity index (χ4n) is 2.25. The quantitative estimate of drug-likeness (QED) is 0.0832. The summed E-state index contributed by atoms with van der Waals surface area (Å²) in [7, 11) is 0. The predicted octanol–water partition coefficient (Wildman–Crippen LogP) is 2.10. The highest BCUT2D eigenvalue weighted by Crippen LogP contribution is 2.29. The maximum absolute atomic E-state index is 13.4. The van der Waals surface area contributed by atoms with E-state index in [0.29, 0.717) is 19.6 Å². The van der Waals surface area contributed by atoms with E-state index in [9.17, 15) is 36.3 Å². The van der Waals surface area contributed by atoms with Gasteiger partial charge in [0, 0.05) is 19.6 Å². The van der Waals surface area contributed by atoms with E-state index in [1.807, 2.05) is 0 Å². The van der Waals surface area contributed by atoms with Crippen LogP contribution in [0.2, 0.25) is 0 Å². The number of hydrogen-bond donors (Lipinski definition) is 2. The molecule has 1 aromatic carbocycles. The average molecular weight is 501 g/mol. The van der Waals surface area contributed by atoms with E-state index in [1.165, 1.54) is 0 Å². The highest BCUT2D eigenvalue weighted by atomic mass is 19.2. The number of benzene rings is 1. The third kappa shape index (κ3) is 10.9. The highest BCUT2D eigenvalue weighted by molar-refractivity contribution is 5.80. The van der Waals surface area contributed by atoms with Gasteiger partial charge >= 0.3 is 11.9 Å². The van der Waals surface area contributed by atoms with Crippen LogP contribution in [0.25, 0.3) is 0 Å². The number of carboxylic acids is 1. The fourth-order valence-corrected chi connectivity index (χ4v) is 2.25. The number of rotatable bonds is 17. The standard InChI is InChI=1S/C20H24F5NO8/c21-15-16(22)18(24)20(19(25)17(15)23)34-14(30)4-7-32-9-11-33-10-8-31-6-1-5-26-12(27)2-3-13(28)29/h1-11H2,(H,26,27)(H,28,29). The minimum atomic E-state index is -2.36. The third-order valence-electron chi connectivity index (χ3n) is 3.93. The van der Waals surface area contributed by atoms with Gasteiger partial charge in [-0.05, 0) is 6.42 Å². The van der Waals surface area contributed by atoms with Crippen LogP contribution < -0.4 is 10.1 Å². The molecule has 0 bridgehead atoms. The fraction of sp³-hybridized carbons (Fsp3) is 0.550. The molecule has 34 heavy (non-hydrogen) atoms. The molecule has 0 fully saturated rings. The number of aliphatic carboxylic acids is 1. The molecule has 0 aliphatic carbocycles. The molecule has 0 spiro atoms. The Kier molecular flexibility index (Phi) is 13.7. The van der Waals surface area contributed by atoms with Crippen LogP contribution in [-0.2, 0) is 28.6 Å². The van der Waals surface area contributed by atoms with Gasteiger partial charge in [0.05, 0.1) is 45.9 Å². The van der Waals surface area contributed by atoms with Crippen LogP contribution in [0.15, 0.2) is 0 Å². The van der Waals surface area contributed by atoms with Gasteiger partial charge in [0.25, 0.3) is 0 Å². The van der Waals surface area contributed by atoms with Crippen molar-refractivity contribution in [3.8, 4) is 5.75 Å². The van der Waals surface area contributed by atoms with Crippen LogP contribution in [0.3, 0.4) is 0 Å². The Morgan fingerprint density at radius 1 is 0.676 bits per heavy atom. The van der Waals surface area contributed by atoms with Crippen LogP contribution in [0.5, 0.6) is 5.75 Å². The second-order valence-corrected chi connectivity index (χ2v) is 6.56. The number of ether oxygens (including phenoxy) is 4. The molecule has 0 saturated heterocycles. The number of esters is 1. The number of hydrogen-bond acceptors (Lipinski definition) is 7. The van der Waals surface area contributed by atoms with Crippen molar-refractivity contribution in [2.45, 2.75) is 25.7 Å². The molecule has 1 rings (SSSR count). The summed E-state index contributed by atoms with van der Waals surface area (Å²) in [5.74, 6) is -15.6. The summed E-state index contributed by atoms with van der Waals surface area (Å²) in [5.41, 5.74) is 0. The van der Waals surface area contributed by atoms with E-state index in [2.05, 4.69) is 10.1 Å². The Morgan fingerprint density at radius 3 is 1.74 bits per heavy atom. The van der Waals surface area contributed by atoms with E-state index >= 15 is 0 Å². The van der Waals surface area contributed by atoms with Gasteiger partial charge in [0.15, 0.2) is 0 Å². The molecule has 0 aliphatic heterocycles. The molecule has 0 heterocycles. The van der Waals surface area contributed by atoms with Crippen molar-refractivity contribution in [2.75, 3.05) is 46.2 Å². The lowest BCUT2D eigenvalue weighted by Crippen LogP contribution is -2.25. The van der Waals surface area contributed by atoms with Crippen molar-refractivity contribution >= 4 is 17.8 Å². The lowest BCUT2D eigenvalue weighted by atomic mass is 10.2. The molecule has 2 N–H and O–H groups in total. The van der Waals surface area contributed by atoms with Gasteiger partial charge in [-0.25, -0.2) is 13.2 Å². The topological polar surface area (TPSA) is 120 Å². The molecule has 0 saturated carbocycles. The summed E-state index contributed by atoms with van der Waals surface area (Å²) in [6.07, 6.45) is -0.289. The zero-order valence-electron chi connectivity index (χ0n) is 18.0. The highest BCUT2D eigenvalue weighted by Gasteiger charge is 2.28. The van der Waals surface area contributed by atoms with E-state index in [-0.39, 0.29) is 51.8 Å². The van der Waals surface area contributed by atoms with Gasteiger partial charge in [0.1, 0.15) is 0 Å². The van der Waals surface area contributed by atoms with Crippen LogP contribution in [-0.4, -0.2) is 69.1 Å². The number of amides is 1. The molecular weight excluding hydrogens is 477 g/mol. The Hall–Kier alpha value is -2.84. The van der Waals surface area contributed by atoms with Crippen LogP contribution in [0.1, 0.15) is 25.7 Å². The molecule has 1 amide bonds. The summed E-state index contributed by atoms with van der Waals surface area (Å²) < 4.78 is 85.6. The maximum atomic E-state index is 13.4. The number of carboxylic acid groups (broad SMARTS) is 1. The largest absolute Gasteiger partial charge is 0.481 e. The van der Waals surface area contributed by atoms with Gasteiger partial charge in [-0.3, -0.25) is 14.4 Å². The molecule has 14 heteroatoms. The molecule has 1 aromatic rings. The second kappa shape index (κ2) is 15.9.